The molecule has 0 bridgehead atoms. The summed E-state index contributed by atoms with van der Waals surface area (Å²) in [6.45, 7) is 4.89. The van der Waals surface area contributed by atoms with E-state index in [0.29, 0.717) is 23.9 Å². The number of ether oxygens (including phenoxy) is 1. The topological polar surface area (TPSA) is 56.2 Å². The molecule has 112 valence electrons. The highest BCUT2D eigenvalue weighted by molar-refractivity contribution is 6.33. The van der Waals surface area contributed by atoms with E-state index >= 15 is 0 Å². The molecular formula is C14H22ClN3O2. The molecule has 1 aromatic rings. The van der Waals surface area contributed by atoms with Crippen LogP contribution in [0.1, 0.15) is 36.7 Å². The smallest absolute Gasteiger partial charge is 0.188 e. The van der Waals surface area contributed by atoms with Crippen molar-refractivity contribution in [2.45, 2.75) is 32.7 Å². The van der Waals surface area contributed by atoms with Crippen molar-refractivity contribution in [3.05, 3.63) is 16.9 Å². The number of carbonyl (C=O) groups is 1. The van der Waals surface area contributed by atoms with Crippen molar-refractivity contribution < 1.29 is 9.53 Å². The van der Waals surface area contributed by atoms with Gasteiger partial charge in [-0.1, -0.05) is 18.5 Å². The number of ketones is 1. The summed E-state index contributed by atoms with van der Waals surface area (Å²) in [6.07, 6.45) is 4.09. The van der Waals surface area contributed by atoms with E-state index in [1.54, 1.807) is 18.0 Å². The highest BCUT2D eigenvalue weighted by Crippen LogP contribution is 2.37. The Kier molecular flexibility index (Phi) is 5.18. The Morgan fingerprint density at radius 2 is 2.25 bits per heavy atom. The summed E-state index contributed by atoms with van der Waals surface area (Å²) >= 11 is 6.20. The highest BCUT2D eigenvalue weighted by Gasteiger charge is 2.40. The monoisotopic (exact) mass is 299 g/mol. The normalized spacial score (nSPS) is 18.1. The van der Waals surface area contributed by atoms with Gasteiger partial charge in [0, 0.05) is 12.5 Å². The summed E-state index contributed by atoms with van der Waals surface area (Å²) in [6, 6.07) is 0. The van der Waals surface area contributed by atoms with Crippen LogP contribution in [-0.2, 0) is 11.3 Å². The van der Waals surface area contributed by atoms with E-state index in [1.807, 2.05) is 0 Å². The Bertz CT molecular complexity index is 467. The molecule has 0 spiro atoms. The van der Waals surface area contributed by atoms with Gasteiger partial charge in [0.25, 0.3) is 0 Å². The Morgan fingerprint density at radius 3 is 2.85 bits per heavy atom. The zero-order chi connectivity index (χ0) is 14.6. The third kappa shape index (κ3) is 2.90. The van der Waals surface area contributed by atoms with Crippen LogP contribution in [0.5, 0.6) is 0 Å². The zero-order valence-corrected chi connectivity index (χ0v) is 12.9. The van der Waals surface area contributed by atoms with Gasteiger partial charge in [-0.15, -0.1) is 0 Å². The number of nitrogens with one attached hydrogen (secondary N) is 1. The van der Waals surface area contributed by atoms with E-state index in [2.05, 4.69) is 17.3 Å². The fourth-order valence-electron chi connectivity index (χ4n) is 2.83. The first-order chi connectivity index (χ1) is 9.64. The number of aromatic nitrogens is 2. The van der Waals surface area contributed by atoms with Gasteiger partial charge in [-0.25, -0.2) is 0 Å². The van der Waals surface area contributed by atoms with E-state index < -0.39 is 0 Å². The van der Waals surface area contributed by atoms with Crippen molar-refractivity contribution in [1.29, 1.82) is 0 Å². The minimum Gasteiger partial charge on any atom is -0.383 e. The van der Waals surface area contributed by atoms with E-state index in [4.69, 9.17) is 16.3 Å². The molecule has 1 fully saturated rings. The van der Waals surface area contributed by atoms with E-state index in [1.165, 1.54) is 0 Å². The molecule has 1 N–H and O–H groups in total. The summed E-state index contributed by atoms with van der Waals surface area (Å²) in [4.78, 5) is 13.0. The van der Waals surface area contributed by atoms with Crippen LogP contribution >= 0.6 is 11.6 Å². The molecule has 1 aliphatic heterocycles. The molecule has 1 saturated heterocycles. The van der Waals surface area contributed by atoms with Crippen molar-refractivity contribution in [2.24, 2.45) is 5.41 Å². The molecular weight excluding hydrogens is 278 g/mol. The first-order valence-corrected chi connectivity index (χ1v) is 7.48. The van der Waals surface area contributed by atoms with Crippen LogP contribution in [0.25, 0.3) is 0 Å². The number of piperidine rings is 1. The van der Waals surface area contributed by atoms with Crippen LogP contribution in [-0.4, -0.2) is 42.4 Å². The van der Waals surface area contributed by atoms with Crippen LogP contribution < -0.4 is 5.32 Å². The number of halogens is 1. The molecule has 2 rings (SSSR count). The molecule has 0 atom stereocenters. The number of nitrogens with zero attached hydrogens (tertiary/aromatic N) is 2. The molecule has 0 aliphatic carbocycles. The molecule has 0 radical (unpaired) electrons. The van der Waals surface area contributed by atoms with Crippen molar-refractivity contribution >= 4 is 17.4 Å². The van der Waals surface area contributed by atoms with Crippen molar-refractivity contribution in [3.8, 4) is 0 Å². The van der Waals surface area contributed by atoms with Crippen LogP contribution in [0, 0.1) is 5.41 Å². The molecule has 2 heterocycles. The maximum atomic E-state index is 13.0. The largest absolute Gasteiger partial charge is 0.383 e. The second-order valence-electron chi connectivity index (χ2n) is 5.27. The van der Waals surface area contributed by atoms with E-state index in [9.17, 15) is 4.79 Å². The summed E-state index contributed by atoms with van der Waals surface area (Å²) in [5.41, 5.74) is 0.229. The van der Waals surface area contributed by atoms with Gasteiger partial charge in [0.05, 0.1) is 24.4 Å². The minimum absolute atomic E-state index is 0.125. The number of rotatable bonds is 6. The minimum atomic E-state index is -0.306. The first-order valence-electron chi connectivity index (χ1n) is 7.10. The predicted molar refractivity (Wildman–Crippen MR) is 78.3 cm³/mol. The highest BCUT2D eigenvalue weighted by atomic mass is 35.5. The quantitative estimate of drug-likeness (QED) is 0.818. The fourth-order valence-corrected chi connectivity index (χ4v) is 3.06. The van der Waals surface area contributed by atoms with Crippen molar-refractivity contribution in [3.63, 3.8) is 0 Å². The summed E-state index contributed by atoms with van der Waals surface area (Å²) in [5, 5.41) is 7.95. The Morgan fingerprint density at radius 1 is 1.55 bits per heavy atom. The van der Waals surface area contributed by atoms with Crippen LogP contribution in [0.15, 0.2) is 6.20 Å². The number of methoxy groups -OCH3 is 1. The lowest BCUT2D eigenvalue weighted by atomic mass is 9.72. The summed E-state index contributed by atoms with van der Waals surface area (Å²) in [5.74, 6) is 0.125. The van der Waals surface area contributed by atoms with E-state index in [-0.39, 0.29) is 11.2 Å². The third-order valence-electron chi connectivity index (χ3n) is 4.24. The number of hydrogen-bond acceptors (Lipinski definition) is 4. The molecule has 6 heteroatoms. The standard InChI is InChI=1S/C14H22ClN3O2/c1-3-14(4-6-16-7-5-14)13(19)12-11(15)10-17-18(12)8-9-20-2/h10,16H,3-9H2,1-2H3. The first kappa shape index (κ1) is 15.5. The zero-order valence-electron chi connectivity index (χ0n) is 12.1. The van der Waals surface area contributed by atoms with Crippen LogP contribution in [0.3, 0.4) is 0 Å². The van der Waals surface area contributed by atoms with Gasteiger partial charge in [0.15, 0.2) is 5.78 Å². The predicted octanol–water partition coefficient (Wildman–Crippen LogP) is 2.15. The maximum absolute atomic E-state index is 13.0. The second-order valence-corrected chi connectivity index (χ2v) is 5.68. The van der Waals surface area contributed by atoms with Crippen molar-refractivity contribution in [2.75, 3.05) is 26.8 Å². The van der Waals surface area contributed by atoms with Gasteiger partial charge in [-0.2, -0.15) is 5.10 Å². The molecule has 1 aromatic heterocycles. The lowest BCUT2D eigenvalue weighted by molar-refractivity contribution is 0.0702. The number of carbonyl (C=O) groups excluding carboxylic acids is 1. The maximum Gasteiger partial charge on any atom is 0.188 e. The molecule has 5 nitrogen and oxygen atoms in total. The molecule has 0 aromatic carbocycles. The van der Waals surface area contributed by atoms with Gasteiger partial charge in [0.1, 0.15) is 5.69 Å². The Balaban J connectivity index is 2.29. The molecule has 0 unspecified atom stereocenters. The van der Waals surface area contributed by atoms with Gasteiger partial charge >= 0.3 is 0 Å². The summed E-state index contributed by atoms with van der Waals surface area (Å²) in [7, 11) is 1.63. The molecule has 0 amide bonds. The van der Waals surface area contributed by atoms with E-state index in [0.717, 1.165) is 32.4 Å². The van der Waals surface area contributed by atoms with Gasteiger partial charge < -0.3 is 10.1 Å². The van der Waals surface area contributed by atoms with Gasteiger partial charge in [-0.3, -0.25) is 9.48 Å². The number of Topliss-reactive ketones (excluding diaryl/α,β-unsaturated/α-hetero) is 1. The molecule has 20 heavy (non-hydrogen) atoms. The van der Waals surface area contributed by atoms with Crippen LogP contribution in [0.4, 0.5) is 0 Å². The average molecular weight is 300 g/mol. The fraction of sp³-hybridized carbons (Fsp3) is 0.714. The average Bonchev–Trinajstić information content (AvgIpc) is 2.85. The summed E-state index contributed by atoms with van der Waals surface area (Å²) < 4.78 is 6.74. The number of hydrogen-bond donors (Lipinski definition) is 1. The Labute approximate surface area is 124 Å². The lowest BCUT2D eigenvalue weighted by Crippen LogP contribution is -2.42. The van der Waals surface area contributed by atoms with Gasteiger partial charge in [-0.05, 0) is 32.4 Å². The molecule has 1 aliphatic rings. The SMILES string of the molecule is CCC1(C(=O)c2c(Cl)cnn2CCOC)CCNCC1. The van der Waals surface area contributed by atoms with Crippen LogP contribution in [0.2, 0.25) is 5.02 Å². The Hall–Kier alpha value is -0.910. The molecule has 0 saturated carbocycles. The lowest BCUT2D eigenvalue weighted by Gasteiger charge is -2.35. The van der Waals surface area contributed by atoms with Gasteiger partial charge in [0.2, 0.25) is 0 Å². The van der Waals surface area contributed by atoms with Crippen molar-refractivity contribution in [1.82, 2.24) is 15.1 Å². The second kappa shape index (κ2) is 6.70. The third-order valence-corrected chi connectivity index (χ3v) is 4.51.